The number of phenolic OH excluding ortho intramolecular Hbond substituents is 2. The molecular weight excluding hydrogens is 212 g/mol. The molecule has 1 aromatic rings. The van der Waals surface area contributed by atoms with E-state index < -0.39 is 5.91 Å². The first-order valence-electron chi connectivity index (χ1n) is 4.54. The molecule has 0 fully saturated rings. The van der Waals surface area contributed by atoms with Gasteiger partial charge in [0.25, 0.3) is 5.91 Å². The molecule has 0 saturated carbocycles. The molecule has 0 atom stereocenters. The summed E-state index contributed by atoms with van der Waals surface area (Å²) in [6.45, 7) is -0.161. The van der Waals surface area contributed by atoms with Gasteiger partial charge in [-0.25, -0.2) is 0 Å². The lowest BCUT2D eigenvalue weighted by Gasteiger charge is -2.05. The van der Waals surface area contributed by atoms with Gasteiger partial charge < -0.3 is 20.8 Å². The maximum Gasteiger partial charge on any atom is 0.251 e. The van der Waals surface area contributed by atoms with Crippen molar-refractivity contribution in [2.24, 2.45) is 0 Å². The average Bonchev–Trinajstić information content (AvgIpc) is 2.23. The summed E-state index contributed by atoms with van der Waals surface area (Å²) in [5, 5.41) is 23.0. The fraction of sp³-hybridized carbons (Fsp3) is 0.200. The number of hydrogen-bond donors (Lipinski definition) is 4. The third kappa shape index (κ3) is 3.16. The minimum absolute atomic E-state index is 0.0846. The van der Waals surface area contributed by atoms with Gasteiger partial charge in [-0.15, -0.1) is 0 Å². The van der Waals surface area contributed by atoms with Gasteiger partial charge in [0.2, 0.25) is 5.91 Å². The number of benzene rings is 1. The molecular formula is C10H12N2O4. The van der Waals surface area contributed by atoms with Crippen LogP contribution in [0.2, 0.25) is 0 Å². The van der Waals surface area contributed by atoms with Crippen molar-refractivity contribution in [2.45, 2.75) is 0 Å². The van der Waals surface area contributed by atoms with Crippen LogP contribution in [0.4, 0.5) is 0 Å². The predicted octanol–water partition coefficient (Wildman–Crippen LogP) is -0.426. The summed E-state index contributed by atoms with van der Waals surface area (Å²) < 4.78 is 0. The van der Waals surface area contributed by atoms with E-state index in [0.29, 0.717) is 0 Å². The second kappa shape index (κ2) is 5.01. The highest BCUT2D eigenvalue weighted by molar-refractivity contribution is 5.97. The summed E-state index contributed by atoms with van der Waals surface area (Å²) in [4.78, 5) is 22.3. The van der Waals surface area contributed by atoms with Gasteiger partial charge in [-0.3, -0.25) is 9.59 Å². The van der Waals surface area contributed by atoms with E-state index in [1.807, 2.05) is 0 Å². The molecule has 6 nitrogen and oxygen atoms in total. The molecule has 0 aliphatic heterocycles. The molecule has 2 amide bonds. The van der Waals surface area contributed by atoms with E-state index in [4.69, 9.17) is 10.2 Å². The zero-order valence-corrected chi connectivity index (χ0v) is 8.65. The first-order valence-corrected chi connectivity index (χ1v) is 4.54. The maximum atomic E-state index is 11.5. The van der Waals surface area contributed by atoms with Crippen molar-refractivity contribution in [2.75, 3.05) is 13.6 Å². The molecule has 0 radical (unpaired) electrons. The van der Waals surface area contributed by atoms with Crippen LogP contribution in [0.3, 0.4) is 0 Å². The molecule has 86 valence electrons. The molecule has 6 heteroatoms. The highest BCUT2D eigenvalue weighted by Crippen LogP contribution is 2.19. The first-order chi connectivity index (χ1) is 7.52. The fourth-order valence-electron chi connectivity index (χ4n) is 1.08. The Morgan fingerprint density at radius 1 is 1.19 bits per heavy atom. The zero-order valence-electron chi connectivity index (χ0n) is 8.65. The molecule has 16 heavy (non-hydrogen) atoms. The summed E-state index contributed by atoms with van der Waals surface area (Å²) in [7, 11) is 1.45. The van der Waals surface area contributed by atoms with Gasteiger partial charge in [-0.1, -0.05) is 0 Å². The highest BCUT2D eigenvalue weighted by atomic mass is 16.3. The first kappa shape index (κ1) is 11.8. The minimum Gasteiger partial charge on any atom is -0.508 e. The van der Waals surface area contributed by atoms with Crippen LogP contribution in [0.25, 0.3) is 0 Å². The normalized spacial score (nSPS) is 9.56. The lowest BCUT2D eigenvalue weighted by Crippen LogP contribution is -2.35. The Kier molecular flexibility index (Phi) is 3.71. The third-order valence-electron chi connectivity index (χ3n) is 1.85. The largest absolute Gasteiger partial charge is 0.508 e. The van der Waals surface area contributed by atoms with Gasteiger partial charge in [-0.05, 0) is 12.1 Å². The maximum absolute atomic E-state index is 11.5. The molecule has 0 spiro atoms. The summed E-state index contributed by atoms with van der Waals surface area (Å²) in [5.41, 5.74) is 0.0846. The Bertz CT molecular complexity index is 397. The predicted molar refractivity (Wildman–Crippen MR) is 56.2 cm³/mol. The third-order valence-corrected chi connectivity index (χ3v) is 1.85. The quantitative estimate of drug-likeness (QED) is 0.560. The summed E-state index contributed by atoms with van der Waals surface area (Å²) in [6.07, 6.45) is 0. The molecule has 0 aromatic heterocycles. The van der Waals surface area contributed by atoms with Crippen LogP contribution in [0.5, 0.6) is 11.5 Å². The van der Waals surface area contributed by atoms with Gasteiger partial charge in [0.05, 0.1) is 6.54 Å². The minimum atomic E-state index is -0.546. The number of nitrogens with one attached hydrogen (secondary N) is 2. The Labute approximate surface area is 91.9 Å². The Morgan fingerprint density at radius 2 is 1.75 bits per heavy atom. The topological polar surface area (TPSA) is 98.7 Å². The average molecular weight is 224 g/mol. The second-order valence-electron chi connectivity index (χ2n) is 3.09. The Hall–Kier alpha value is -2.24. The number of phenols is 2. The monoisotopic (exact) mass is 224 g/mol. The van der Waals surface area contributed by atoms with Crippen LogP contribution in [0.1, 0.15) is 10.4 Å². The summed E-state index contributed by atoms with van der Waals surface area (Å²) in [6, 6.07) is 3.49. The lowest BCUT2D eigenvalue weighted by atomic mass is 10.2. The number of likely N-dealkylation sites (N-methyl/N-ethyl adjacent to an activating group) is 1. The summed E-state index contributed by atoms with van der Waals surface area (Å²) >= 11 is 0. The molecule has 0 bridgehead atoms. The number of carbonyl (C=O) groups is 2. The van der Waals surface area contributed by atoms with Crippen LogP contribution >= 0.6 is 0 Å². The van der Waals surface area contributed by atoms with Crippen molar-refractivity contribution in [3.8, 4) is 11.5 Å². The van der Waals surface area contributed by atoms with Crippen LogP contribution < -0.4 is 10.6 Å². The molecule has 0 unspecified atom stereocenters. The molecule has 4 N–H and O–H groups in total. The summed E-state index contributed by atoms with van der Waals surface area (Å²) in [5.74, 6) is -1.32. The molecule has 1 aromatic carbocycles. The van der Waals surface area contributed by atoms with E-state index in [1.54, 1.807) is 0 Å². The number of carbonyl (C=O) groups excluding carboxylic acids is 2. The van der Waals surface area contributed by atoms with Crippen LogP contribution in [-0.4, -0.2) is 35.6 Å². The van der Waals surface area contributed by atoms with Crippen molar-refractivity contribution in [1.29, 1.82) is 0 Å². The molecule has 0 aliphatic rings. The Morgan fingerprint density at radius 3 is 2.25 bits per heavy atom. The van der Waals surface area contributed by atoms with E-state index in [2.05, 4.69) is 10.6 Å². The van der Waals surface area contributed by atoms with Gasteiger partial charge >= 0.3 is 0 Å². The number of amides is 2. The van der Waals surface area contributed by atoms with E-state index in [0.717, 1.165) is 6.07 Å². The van der Waals surface area contributed by atoms with E-state index in [-0.39, 0.29) is 29.5 Å². The number of aromatic hydroxyl groups is 2. The zero-order chi connectivity index (χ0) is 12.1. The fourth-order valence-corrected chi connectivity index (χ4v) is 1.08. The number of rotatable bonds is 3. The highest BCUT2D eigenvalue weighted by Gasteiger charge is 2.09. The van der Waals surface area contributed by atoms with Gasteiger partial charge in [0, 0.05) is 18.7 Å². The van der Waals surface area contributed by atoms with E-state index in [9.17, 15) is 9.59 Å². The van der Waals surface area contributed by atoms with Crippen molar-refractivity contribution in [3.63, 3.8) is 0 Å². The van der Waals surface area contributed by atoms with Crippen molar-refractivity contribution in [1.82, 2.24) is 10.6 Å². The molecule has 0 aliphatic carbocycles. The van der Waals surface area contributed by atoms with Gasteiger partial charge in [0.1, 0.15) is 11.5 Å². The van der Waals surface area contributed by atoms with E-state index in [1.165, 1.54) is 19.2 Å². The molecule has 0 saturated heterocycles. The van der Waals surface area contributed by atoms with Gasteiger partial charge in [0.15, 0.2) is 0 Å². The van der Waals surface area contributed by atoms with Crippen molar-refractivity contribution in [3.05, 3.63) is 23.8 Å². The SMILES string of the molecule is CNC(=O)CNC(=O)c1cc(O)cc(O)c1. The van der Waals surface area contributed by atoms with Crippen LogP contribution in [0.15, 0.2) is 18.2 Å². The van der Waals surface area contributed by atoms with E-state index >= 15 is 0 Å². The van der Waals surface area contributed by atoms with Gasteiger partial charge in [-0.2, -0.15) is 0 Å². The van der Waals surface area contributed by atoms with Crippen LogP contribution in [-0.2, 0) is 4.79 Å². The van der Waals surface area contributed by atoms with Crippen molar-refractivity contribution >= 4 is 11.8 Å². The number of hydrogen-bond acceptors (Lipinski definition) is 4. The van der Waals surface area contributed by atoms with Crippen LogP contribution in [0, 0.1) is 0 Å². The lowest BCUT2D eigenvalue weighted by molar-refractivity contribution is -0.119. The van der Waals surface area contributed by atoms with Crippen molar-refractivity contribution < 1.29 is 19.8 Å². The standard InChI is InChI=1S/C10H12N2O4/c1-11-9(15)5-12-10(16)6-2-7(13)4-8(14)3-6/h2-4,13-14H,5H2,1H3,(H,11,15)(H,12,16). The Balaban J connectivity index is 2.69. The smallest absolute Gasteiger partial charge is 0.251 e. The second-order valence-corrected chi connectivity index (χ2v) is 3.09. The molecule has 1 rings (SSSR count). The molecule has 0 heterocycles.